The highest BCUT2D eigenvalue weighted by molar-refractivity contribution is 7.16. The number of aryl methyl sites for hydroxylation is 1. The van der Waals surface area contributed by atoms with Gasteiger partial charge in [-0.1, -0.05) is 0 Å². The number of carbonyl (C=O) groups is 1. The molecule has 3 rings (SSSR count). The molecule has 1 aliphatic heterocycles. The highest BCUT2D eigenvalue weighted by Gasteiger charge is 2.25. The van der Waals surface area contributed by atoms with Gasteiger partial charge in [0.2, 0.25) is 5.91 Å². The summed E-state index contributed by atoms with van der Waals surface area (Å²) in [6.45, 7) is 2.51. The van der Waals surface area contributed by atoms with Crippen LogP contribution in [0, 0.1) is 6.92 Å². The average molecular weight is 277 g/mol. The molecule has 1 atom stereocenters. The third kappa shape index (κ3) is 1.96. The molecule has 3 heterocycles. The molecule has 1 aliphatic rings. The van der Waals surface area contributed by atoms with E-state index < -0.39 is 0 Å². The minimum atomic E-state index is 0.0106. The molecule has 0 N–H and O–H groups in total. The number of carbonyl (C=O) groups excluding carboxylic acids is 1. The first-order valence-corrected chi connectivity index (χ1v) is 7.15. The lowest BCUT2D eigenvalue weighted by molar-refractivity contribution is -0.132. The number of likely N-dealkylation sites (tertiary alicyclic amines) is 1. The molecule has 0 aromatic carbocycles. The van der Waals surface area contributed by atoms with Crippen LogP contribution in [0.4, 0.5) is 0 Å². The standard InChI is InChI=1S/C13H15N3O2S/c1-8-6-19-12-11(8)13(18)16(7-14-12)9-3-4-10(17)15(2)5-9/h6-7,9H,3-5H2,1-2H3. The number of aromatic nitrogens is 2. The predicted molar refractivity (Wildman–Crippen MR) is 74.5 cm³/mol. The molecule has 1 fully saturated rings. The Kier molecular flexibility index (Phi) is 2.89. The molecule has 100 valence electrons. The monoisotopic (exact) mass is 277 g/mol. The third-order valence-electron chi connectivity index (χ3n) is 3.70. The predicted octanol–water partition coefficient (Wildman–Crippen LogP) is 1.56. The largest absolute Gasteiger partial charge is 0.344 e. The van der Waals surface area contributed by atoms with Crippen molar-refractivity contribution in [2.45, 2.75) is 25.8 Å². The van der Waals surface area contributed by atoms with E-state index in [1.165, 1.54) is 11.3 Å². The van der Waals surface area contributed by atoms with Crippen molar-refractivity contribution in [2.24, 2.45) is 0 Å². The molecular formula is C13H15N3O2S. The van der Waals surface area contributed by atoms with Gasteiger partial charge in [0.1, 0.15) is 4.83 Å². The molecule has 0 radical (unpaired) electrons. The Bertz CT molecular complexity index is 703. The van der Waals surface area contributed by atoms with E-state index in [4.69, 9.17) is 0 Å². The number of thiophene rings is 1. The molecular weight excluding hydrogens is 262 g/mol. The van der Waals surface area contributed by atoms with Crippen LogP contribution in [-0.4, -0.2) is 34.0 Å². The van der Waals surface area contributed by atoms with Crippen molar-refractivity contribution < 1.29 is 4.79 Å². The van der Waals surface area contributed by atoms with Gasteiger partial charge in [0, 0.05) is 20.0 Å². The number of rotatable bonds is 1. The number of hydrogen-bond acceptors (Lipinski definition) is 4. The molecule has 2 aromatic rings. The van der Waals surface area contributed by atoms with Crippen molar-refractivity contribution in [3.63, 3.8) is 0 Å². The SMILES string of the molecule is Cc1csc2ncn(C3CCC(=O)N(C)C3)c(=O)c12. The molecule has 1 amide bonds. The van der Waals surface area contributed by atoms with Gasteiger partial charge in [-0.15, -0.1) is 11.3 Å². The maximum atomic E-state index is 12.5. The first-order valence-electron chi connectivity index (χ1n) is 6.27. The molecule has 0 bridgehead atoms. The van der Waals surface area contributed by atoms with Gasteiger partial charge in [-0.2, -0.15) is 0 Å². The first kappa shape index (κ1) is 12.3. The maximum Gasteiger partial charge on any atom is 0.262 e. The van der Waals surface area contributed by atoms with Crippen molar-refractivity contribution in [3.8, 4) is 0 Å². The Balaban J connectivity index is 2.06. The lowest BCUT2D eigenvalue weighted by atomic mass is 10.1. The maximum absolute atomic E-state index is 12.5. The number of piperidine rings is 1. The lowest BCUT2D eigenvalue weighted by Gasteiger charge is -2.30. The van der Waals surface area contributed by atoms with Crippen molar-refractivity contribution >= 4 is 27.5 Å². The van der Waals surface area contributed by atoms with Crippen molar-refractivity contribution in [1.82, 2.24) is 14.5 Å². The number of hydrogen-bond donors (Lipinski definition) is 0. The molecule has 6 heteroatoms. The fraction of sp³-hybridized carbons (Fsp3) is 0.462. The molecule has 1 saturated heterocycles. The zero-order valence-corrected chi connectivity index (χ0v) is 11.7. The average Bonchev–Trinajstić information content (AvgIpc) is 2.76. The van der Waals surface area contributed by atoms with Gasteiger partial charge in [0.25, 0.3) is 5.56 Å². The van der Waals surface area contributed by atoms with Crippen LogP contribution < -0.4 is 5.56 Å². The van der Waals surface area contributed by atoms with Crippen LogP contribution in [0.3, 0.4) is 0 Å². The fourth-order valence-corrected chi connectivity index (χ4v) is 3.44. The van der Waals surface area contributed by atoms with Crippen LogP contribution >= 0.6 is 11.3 Å². The van der Waals surface area contributed by atoms with Gasteiger partial charge >= 0.3 is 0 Å². The highest BCUT2D eigenvalue weighted by Crippen LogP contribution is 2.23. The van der Waals surface area contributed by atoms with Gasteiger partial charge in [0.15, 0.2) is 0 Å². The van der Waals surface area contributed by atoms with E-state index in [1.807, 2.05) is 12.3 Å². The van der Waals surface area contributed by atoms with E-state index in [-0.39, 0.29) is 17.5 Å². The molecule has 0 spiro atoms. The van der Waals surface area contributed by atoms with Gasteiger partial charge in [-0.3, -0.25) is 14.2 Å². The number of amides is 1. The normalized spacial score (nSPS) is 20.2. The number of fused-ring (bicyclic) bond motifs is 1. The summed E-state index contributed by atoms with van der Waals surface area (Å²) >= 11 is 1.50. The summed E-state index contributed by atoms with van der Waals surface area (Å²) in [5, 5.41) is 2.67. The van der Waals surface area contributed by atoms with Crippen molar-refractivity contribution in [3.05, 3.63) is 27.6 Å². The summed E-state index contributed by atoms with van der Waals surface area (Å²) in [4.78, 5) is 30.9. The Morgan fingerprint density at radius 3 is 2.95 bits per heavy atom. The second-order valence-electron chi connectivity index (χ2n) is 5.02. The summed E-state index contributed by atoms with van der Waals surface area (Å²) in [7, 11) is 1.78. The van der Waals surface area contributed by atoms with Crippen LogP contribution in [0.25, 0.3) is 10.2 Å². The van der Waals surface area contributed by atoms with Gasteiger partial charge < -0.3 is 4.90 Å². The number of likely N-dealkylation sites (N-methyl/N-ethyl adjacent to an activating group) is 1. The van der Waals surface area contributed by atoms with Gasteiger partial charge in [-0.05, 0) is 24.3 Å². The lowest BCUT2D eigenvalue weighted by Crippen LogP contribution is -2.40. The van der Waals surface area contributed by atoms with Crippen LogP contribution in [0.5, 0.6) is 0 Å². The van der Waals surface area contributed by atoms with Crippen LogP contribution in [0.1, 0.15) is 24.4 Å². The molecule has 5 nitrogen and oxygen atoms in total. The fourth-order valence-electron chi connectivity index (χ4n) is 2.56. The van der Waals surface area contributed by atoms with Crippen LogP contribution in [0.2, 0.25) is 0 Å². The van der Waals surface area contributed by atoms with Crippen molar-refractivity contribution in [2.75, 3.05) is 13.6 Å². The summed E-state index contributed by atoms with van der Waals surface area (Å²) < 4.78 is 1.69. The Hall–Kier alpha value is -1.69. The van der Waals surface area contributed by atoms with E-state index in [0.29, 0.717) is 24.8 Å². The number of nitrogens with zero attached hydrogens (tertiary/aromatic N) is 3. The third-order valence-corrected chi connectivity index (χ3v) is 4.70. The van der Waals surface area contributed by atoms with Crippen LogP contribution in [-0.2, 0) is 4.79 Å². The van der Waals surface area contributed by atoms with Gasteiger partial charge in [0.05, 0.1) is 17.8 Å². The van der Waals surface area contributed by atoms with Gasteiger partial charge in [-0.25, -0.2) is 4.98 Å². The first-order chi connectivity index (χ1) is 9.08. The molecule has 19 heavy (non-hydrogen) atoms. The zero-order chi connectivity index (χ0) is 13.6. The van der Waals surface area contributed by atoms with E-state index >= 15 is 0 Å². The Labute approximate surface area is 114 Å². The van der Waals surface area contributed by atoms with E-state index in [1.54, 1.807) is 22.8 Å². The minimum Gasteiger partial charge on any atom is -0.344 e. The van der Waals surface area contributed by atoms with E-state index in [2.05, 4.69) is 4.98 Å². The summed E-state index contributed by atoms with van der Waals surface area (Å²) in [5.74, 6) is 0.144. The van der Waals surface area contributed by atoms with E-state index in [0.717, 1.165) is 10.4 Å². The Morgan fingerprint density at radius 2 is 2.21 bits per heavy atom. The zero-order valence-electron chi connectivity index (χ0n) is 10.9. The molecule has 1 unspecified atom stereocenters. The topological polar surface area (TPSA) is 55.2 Å². The molecule has 2 aromatic heterocycles. The quantitative estimate of drug-likeness (QED) is 0.795. The molecule has 0 saturated carbocycles. The highest BCUT2D eigenvalue weighted by atomic mass is 32.1. The smallest absolute Gasteiger partial charge is 0.262 e. The molecule has 0 aliphatic carbocycles. The van der Waals surface area contributed by atoms with Crippen molar-refractivity contribution in [1.29, 1.82) is 0 Å². The Morgan fingerprint density at radius 1 is 1.42 bits per heavy atom. The minimum absolute atomic E-state index is 0.0106. The second kappa shape index (κ2) is 4.45. The van der Waals surface area contributed by atoms with Crippen LogP contribution in [0.15, 0.2) is 16.5 Å². The van der Waals surface area contributed by atoms with E-state index in [9.17, 15) is 9.59 Å². The summed E-state index contributed by atoms with van der Waals surface area (Å²) in [6.07, 6.45) is 2.82. The summed E-state index contributed by atoms with van der Waals surface area (Å²) in [6, 6.07) is 0.0337. The summed E-state index contributed by atoms with van der Waals surface area (Å²) in [5.41, 5.74) is 0.989. The second-order valence-corrected chi connectivity index (χ2v) is 5.88.